The van der Waals surface area contributed by atoms with Crippen LogP contribution in [0.1, 0.15) is 5.69 Å². The number of aryl methyl sites for hydroxylation is 2. The Labute approximate surface area is 80.8 Å². The van der Waals surface area contributed by atoms with Gasteiger partial charge in [-0.2, -0.15) is 0 Å². The molecular weight excluding hydrogens is 182 g/mol. The van der Waals surface area contributed by atoms with Crippen LogP contribution in [0.3, 0.4) is 0 Å². The van der Waals surface area contributed by atoms with E-state index in [1.807, 2.05) is 10.8 Å². The van der Waals surface area contributed by atoms with Gasteiger partial charge in [-0.1, -0.05) is 5.21 Å². The summed E-state index contributed by atoms with van der Waals surface area (Å²) in [6.45, 7) is 1.46. The minimum absolute atomic E-state index is 0.0644. The molecule has 0 amide bonds. The SMILES string of the molecule is OCc1cn(CCn2ccnc2)nn1. The molecule has 2 rings (SSSR count). The molecule has 0 aromatic carbocycles. The second kappa shape index (κ2) is 4.01. The van der Waals surface area contributed by atoms with Gasteiger partial charge in [0.1, 0.15) is 5.69 Å². The molecule has 74 valence electrons. The van der Waals surface area contributed by atoms with Crippen molar-refractivity contribution >= 4 is 0 Å². The molecule has 6 heteroatoms. The predicted octanol–water partition coefficient (Wildman–Crippen LogP) is -0.333. The Morgan fingerprint density at radius 2 is 2.29 bits per heavy atom. The van der Waals surface area contributed by atoms with E-state index >= 15 is 0 Å². The van der Waals surface area contributed by atoms with Gasteiger partial charge in [0, 0.05) is 18.9 Å². The Morgan fingerprint density at radius 1 is 1.36 bits per heavy atom. The molecule has 0 fully saturated rings. The zero-order chi connectivity index (χ0) is 9.80. The van der Waals surface area contributed by atoms with E-state index in [1.165, 1.54) is 0 Å². The van der Waals surface area contributed by atoms with Crippen molar-refractivity contribution in [3.05, 3.63) is 30.6 Å². The lowest BCUT2D eigenvalue weighted by atomic mass is 10.5. The van der Waals surface area contributed by atoms with Crippen molar-refractivity contribution in [2.45, 2.75) is 19.7 Å². The van der Waals surface area contributed by atoms with Gasteiger partial charge in [0.05, 0.1) is 25.7 Å². The Bertz CT molecular complexity index is 380. The summed E-state index contributed by atoms with van der Waals surface area (Å²) in [6.07, 6.45) is 7.12. The van der Waals surface area contributed by atoms with E-state index < -0.39 is 0 Å². The first kappa shape index (κ1) is 8.89. The van der Waals surface area contributed by atoms with Gasteiger partial charge in [-0.25, -0.2) is 4.98 Å². The van der Waals surface area contributed by atoms with Crippen molar-refractivity contribution in [1.82, 2.24) is 24.5 Å². The number of aliphatic hydroxyl groups is 1. The third-order valence-electron chi connectivity index (χ3n) is 1.89. The summed E-state index contributed by atoms with van der Waals surface area (Å²) in [5, 5.41) is 16.4. The number of aromatic nitrogens is 5. The Morgan fingerprint density at radius 3 is 2.93 bits per heavy atom. The average Bonchev–Trinajstić information content (AvgIpc) is 2.86. The van der Waals surface area contributed by atoms with E-state index in [9.17, 15) is 0 Å². The van der Waals surface area contributed by atoms with E-state index in [0.29, 0.717) is 5.69 Å². The molecule has 1 N–H and O–H groups in total. The van der Waals surface area contributed by atoms with Gasteiger partial charge in [0.15, 0.2) is 0 Å². The Balaban J connectivity index is 1.92. The molecule has 0 saturated carbocycles. The summed E-state index contributed by atoms with van der Waals surface area (Å²) in [5.41, 5.74) is 0.593. The number of nitrogens with zero attached hydrogens (tertiary/aromatic N) is 5. The molecule has 2 aromatic heterocycles. The van der Waals surface area contributed by atoms with Crippen LogP contribution in [0.4, 0.5) is 0 Å². The van der Waals surface area contributed by atoms with Crippen molar-refractivity contribution in [3.63, 3.8) is 0 Å². The van der Waals surface area contributed by atoms with E-state index in [2.05, 4.69) is 15.3 Å². The van der Waals surface area contributed by atoms with Crippen molar-refractivity contribution in [3.8, 4) is 0 Å². The van der Waals surface area contributed by atoms with Crippen LogP contribution in [-0.2, 0) is 19.7 Å². The van der Waals surface area contributed by atoms with E-state index in [4.69, 9.17) is 5.11 Å². The smallest absolute Gasteiger partial charge is 0.108 e. The van der Waals surface area contributed by atoms with Crippen LogP contribution < -0.4 is 0 Å². The third kappa shape index (κ3) is 1.97. The maximum atomic E-state index is 8.77. The highest BCUT2D eigenvalue weighted by Crippen LogP contribution is 1.94. The highest BCUT2D eigenvalue weighted by atomic mass is 16.3. The topological polar surface area (TPSA) is 68.8 Å². The maximum Gasteiger partial charge on any atom is 0.108 e. The van der Waals surface area contributed by atoms with Gasteiger partial charge in [-0.05, 0) is 0 Å². The van der Waals surface area contributed by atoms with Gasteiger partial charge < -0.3 is 9.67 Å². The first-order chi connectivity index (χ1) is 6.88. The van der Waals surface area contributed by atoms with Crippen LogP contribution in [0, 0.1) is 0 Å². The molecular formula is C8H11N5O. The summed E-state index contributed by atoms with van der Waals surface area (Å²) in [7, 11) is 0. The summed E-state index contributed by atoms with van der Waals surface area (Å²) >= 11 is 0. The molecule has 0 aliphatic heterocycles. The van der Waals surface area contributed by atoms with Crippen LogP contribution in [-0.4, -0.2) is 29.7 Å². The lowest BCUT2D eigenvalue weighted by molar-refractivity contribution is 0.276. The fraction of sp³-hybridized carbons (Fsp3) is 0.375. The lowest BCUT2D eigenvalue weighted by Crippen LogP contribution is -2.06. The lowest BCUT2D eigenvalue weighted by Gasteiger charge is -2.00. The largest absolute Gasteiger partial charge is 0.390 e. The van der Waals surface area contributed by atoms with Crippen LogP contribution in [0.25, 0.3) is 0 Å². The second-order valence-corrected chi connectivity index (χ2v) is 2.93. The van der Waals surface area contributed by atoms with Gasteiger partial charge in [0.25, 0.3) is 0 Å². The molecule has 0 saturated heterocycles. The normalized spacial score (nSPS) is 10.6. The van der Waals surface area contributed by atoms with Crippen molar-refractivity contribution in [2.75, 3.05) is 0 Å². The minimum Gasteiger partial charge on any atom is -0.390 e. The standard InChI is InChI=1S/C8H11N5O/c14-6-8-5-13(11-10-8)4-3-12-2-1-9-7-12/h1-2,5,7,14H,3-4,6H2. The molecule has 0 unspecified atom stereocenters. The highest BCUT2D eigenvalue weighted by molar-refractivity contribution is 4.88. The molecule has 0 aliphatic rings. The fourth-order valence-corrected chi connectivity index (χ4v) is 1.16. The molecule has 0 aliphatic carbocycles. The predicted molar refractivity (Wildman–Crippen MR) is 48.2 cm³/mol. The van der Waals surface area contributed by atoms with Crippen LogP contribution in [0.5, 0.6) is 0 Å². The van der Waals surface area contributed by atoms with Gasteiger partial charge in [0.2, 0.25) is 0 Å². The highest BCUT2D eigenvalue weighted by Gasteiger charge is 1.98. The van der Waals surface area contributed by atoms with Crippen LogP contribution in [0.2, 0.25) is 0 Å². The van der Waals surface area contributed by atoms with Gasteiger partial charge in [-0.15, -0.1) is 5.10 Å². The average molecular weight is 193 g/mol. The Hall–Kier alpha value is -1.69. The van der Waals surface area contributed by atoms with Crippen molar-refractivity contribution in [2.24, 2.45) is 0 Å². The molecule has 0 bridgehead atoms. The van der Waals surface area contributed by atoms with E-state index in [-0.39, 0.29) is 6.61 Å². The number of hydrogen-bond donors (Lipinski definition) is 1. The van der Waals surface area contributed by atoms with Crippen LogP contribution >= 0.6 is 0 Å². The molecule has 0 spiro atoms. The quantitative estimate of drug-likeness (QED) is 0.721. The van der Waals surface area contributed by atoms with Gasteiger partial charge in [-0.3, -0.25) is 4.68 Å². The second-order valence-electron chi connectivity index (χ2n) is 2.93. The van der Waals surface area contributed by atoms with Crippen LogP contribution in [0.15, 0.2) is 24.9 Å². The van der Waals surface area contributed by atoms with E-state index in [1.54, 1.807) is 23.4 Å². The minimum atomic E-state index is -0.0644. The zero-order valence-electron chi connectivity index (χ0n) is 7.61. The monoisotopic (exact) mass is 193 g/mol. The molecule has 2 heterocycles. The Kier molecular flexibility index (Phi) is 2.55. The number of hydrogen-bond acceptors (Lipinski definition) is 4. The molecule has 2 aromatic rings. The molecule has 0 radical (unpaired) electrons. The third-order valence-corrected chi connectivity index (χ3v) is 1.89. The summed E-state index contributed by atoms with van der Waals surface area (Å²) in [4.78, 5) is 3.93. The fourth-order valence-electron chi connectivity index (χ4n) is 1.16. The molecule has 0 atom stereocenters. The van der Waals surface area contributed by atoms with E-state index in [0.717, 1.165) is 13.1 Å². The first-order valence-electron chi connectivity index (χ1n) is 4.34. The van der Waals surface area contributed by atoms with Gasteiger partial charge >= 0.3 is 0 Å². The first-order valence-corrected chi connectivity index (χ1v) is 4.34. The van der Waals surface area contributed by atoms with Crippen molar-refractivity contribution in [1.29, 1.82) is 0 Å². The summed E-state index contributed by atoms with van der Waals surface area (Å²) < 4.78 is 3.66. The number of rotatable bonds is 4. The van der Waals surface area contributed by atoms with Crippen molar-refractivity contribution < 1.29 is 5.11 Å². The molecule has 14 heavy (non-hydrogen) atoms. The number of aliphatic hydroxyl groups excluding tert-OH is 1. The number of imidazole rings is 1. The maximum absolute atomic E-state index is 8.77. The zero-order valence-corrected chi connectivity index (χ0v) is 7.61. The molecule has 6 nitrogen and oxygen atoms in total. The summed E-state index contributed by atoms with van der Waals surface area (Å²) in [6, 6.07) is 0. The summed E-state index contributed by atoms with van der Waals surface area (Å²) in [5.74, 6) is 0.